The van der Waals surface area contributed by atoms with Crippen molar-refractivity contribution in [1.82, 2.24) is 25.1 Å². The molecule has 74 heavy (non-hydrogen) atoms. The van der Waals surface area contributed by atoms with E-state index in [1.807, 2.05) is 95.9 Å². The van der Waals surface area contributed by atoms with E-state index in [0.717, 1.165) is 41.5 Å². The Morgan fingerprint density at radius 1 is 0.824 bits per heavy atom. The second-order valence-corrected chi connectivity index (χ2v) is 23.7. The number of imide groups is 1. The first-order valence-electron chi connectivity index (χ1n) is 26.3. The topological polar surface area (TPSA) is 148 Å². The van der Waals surface area contributed by atoms with Crippen LogP contribution in [0.15, 0.2) is 103 Å². The minimum atomic E-state index is -1.46. The summed E-state index contributed by atoms with van der Waals surface area (Å²) in [6.45, 7) is 17.8. The fourth-order valence-corrected chi connectivity index (χ4v) is 13.7. The average molecular weight is 1050 g/mol. The van der Waals surface area contributed by atoms with E-state index < -0.39 is 20.2 Å². The smallest absolute Gasteiger partial charge is 0.325 e. The highest BCUT2D eigenvalue weighted by Gasteiger charge is 2.50. The van der Waals surface area contributed by atoms with E-state index in [1.54, 1.807) is 26.0 Å². The largest absolute Gasteiger partial charge is 0.497 e. The minimum absolute atomic E-state index is 0.0475. The molecular weight excluding hydrogens is 974 g/mol. The Hall–Kier alpha value is -5.02. The van der Waals surface area contributed by atoms with Gasteiger partial charge in [0.1, 0.15) is 17.1 Å². The highest BCUT2D eigenvalue weighted by atomic mass is 32.2. The number of fused-ring (bicyclic) bond motifs is 1. The number of carbonyl (C=O) groups is 4. The lowest BCUT2D eigenvalue weighted by atomic mass is 9.80. The molecule has 3 aliphatic heterocycles. The maximum absolute atomic E-state index is 14.5. The Balaban J connectivity index is 1.03. The zero-order valence-electron chi connectivity index (χ0n) is 45.0. The first kappa shape index (κ1) is 56.7. The molecule has 3 aliphatic rings. The number of nitrogens with one attached hydrogen (secondary N) is 2. The predicted molar refractivity (Wildman–Crippen MR) is 294 cm³/mol. The van der Waals surface area contributed by atoms with Gasteiger partial charge < -0.3 is 38.8 Å². The van der Waals surface area contributed by atoms with Crippen LogP contribution in [0.5, 0.6) is 11.5 Å². The van der Waals surface area contributed by atoms with Gasteiger partial charge in [0.25, 0.3) is 14.4 Å². The third kappa shape index (κ3) is 13.3. The van der Waals surface area contributed by atoms with Crippen LogP contribution in [0.4, 0.5) is 4.79 Å². The molecule has 0 aliphatic carbocycles. The Morgan fingerprint density at radius 3 is 1.99 bits per heavy atom. The van der Waals surface area contributed by atoms with Gasteiger partial charge in [-0.2, -0.15) is 11.8 Å². The molecule has 0 saturated carbocycles. The van der Waals surface area contributed by atoms with Crippen LogP contribution in [-0.2, 0) is 34.4 Å². The van der Waals surface area contributed by atoms with Gasteiger partial charge in [-0.1, -0.05) is 101 Å². The Labute approximate surface area is 444 Å². The predicted octanol–water partition coefficient (Wildman–Crippen LogP) is 10.5. The quantitative estimate of drug-likeness (QED) is 0.0299. The van der Waals surface area contributed by atoms with Crippen LogP contribution >= 0.6 is 20.3 Å². The summed E-state index contributed by atoms with van der Waals surface area (Å²) in [5, 5.41) is 6.14. The SMILES string of the molecule is CCCOP(O[C@@H]1C[C@@H](COC(c2ccccc2)(c2ccc(OC)cc2)c2ccc(OC)cc2)N(C(=O)CNC(=O)CCCC[C@@H]2SC[C@H]3[C@@H]2NC(=O)N3C(=O)c2ccc(C(C)(C)C)cc2)C1)N(C(C)C)C(C)C. The maximum Gasteiger partial charge on any atom is 0.325 e. The lowest BCUT2D eigenvalue weighted by Gasteiger charge is -2.38. The van der Waals surface area contributed by atoms with Crippen molar-refractivity contribution >= 4 is 44.0 Å². The molecule has 1 unspecified atom stereocenters. The number of nitrogens with zero attached hydrogens (tertiary/aromatic N) is 3. The zero-order chi connectivity index (χ0) is 53.2. The molecule has 2 N–H and O–H groups in total. The van der Waals surface area contributed by atoms with Crippen LogP contribution in [0.3, 0.4) is 0 Å². The van der Waals surface area contributed by atoms with E-state index in [2.05, 4.69) is 82.8 Å². The first-order valence-corrected chi connectivity index (χ1v) is 28.5. The lowest BCUT2D eigenvalue weighted by molar-refractivity contribution is -0.135. The van der Waals surface area contributed by atoms with Gasteiger partial charge in [-0.3, -0.25) is 19.3 Å². The fraction of sp³-hybridized carbons (Fsp3) is 0.517. The molecule has 4 aromatic carbocycles. The summed E-state index contributed by atoms with van der Waals surface area (Å²) in [4.78, 5) is 58.0. The molecule has 3 heterocycles. The number of unbranched alkanes of at least 4 members (excludes halogenated alkanes) is 1. The van der Waals surface area contributed by atoms with Crippen LogP contribution in [0, 0.1) is 0 Å². The number of likely N-dealkylation sites (tertiary alicyclic amines) is 1. The van der Waals surface area contributed by atoms with Crippen LogP contribution in [-0.4, -0.2) is 126 Å². The maximum atomic E-state index is 14.5. The molecule has 0 radical (unpaired) electrons. The van der Waals surface area contributed by atoms with Crippen molar-refractivity contribution in [1.29, 1.82) is 0 Å². The number of hydrogen-bond acceptors (Lipinski definition) is 11. The minimum Gasteiger partial charge on any atom is -0.497 e. The highest BCUT2D eigenvalue weighted by Crippen LogP contribution is 2.49. The highest BCUT2D eigenvalue weighted by molar-refractivity contribution is 8.00. The van der Waals surface area contributed by atoms with Gasteiger partial charge in [0.05, 0.1) is 58.2 Å². The van der Waals surface area contributed by atoms with Gasteiger partial charge in [0.2, 0.25) is 11.8 Å². The van der Waals surface area contributed by atoms with Crippen molar-refractivity contribution in [2.75, 3.05) is 46.3 Å². The lowest BCUT2D eigenvalue weighted by Crippen LogP contribution is -2.46. The van der Waals surface area contributed by atoms with Crippen LogP contribution < -0.4 is 20.1 Å². The van der Waals surface area contributed by atoms with Gasteiger partial charge in [0, 0.05) is 41.6 Å². The number of carbonyl (C=O) groups excluding carboxylic acids is 4. The van der Waals surface area contributed by atoms with Gasteiger partial charge in [-0.05, 0) is 117 Å². The van der Waals surface area contributed by atoms with E-state index in [0.29, 0.717) is 48.8 Å². The average Bonchev–Trinajstić information content (AvgIpc) is 4.09. The number of amides is 5. The van der Waals surface area contributed by atoms with Crippen molar-refractivity contribution in [2.45, 2.75) is 146 Å². The van der Waals surface area contributed by atoms with E-state index in [1.165, 1.54) is 4.90 Å². The van der Waals surface area contributed by atoms with E-state index in [9.17, 15) is 19.2 Å². The number of methoxy groups -OCH3 is 2. The third-order valence-corrected chi connectivity index (χ3v) is 17.9. The number of rotatable bonds is 24. The number of hydrogen-bond donors (Lipinski definition) is 2. The number of benzene rings is 4. The molecule has 0 spiro atoms. The summed E-state index contributed by atoms with van der Waals surface area (Å²) in [5.74, 6) is 1.37. The Bertz CT molecular complexity index is 2420. The first-order chi connectivity index (χ1) is 35.5. The fourth-order valence-electron chi connectivity index (χ4n) is 10.3. The molecule has 0 bridgehead atoms. The van der Waals surface area contributed by atoms with Crippen LogP contribution in [0.1, 0.15) is 127 Å². The van der Waals surface area contributed by atoms with Gasteiger partial charge in [0.15, 0.2) is 0 Å². The molecule has 3 saturated heterocycles. The van der Waals surface area contributed by atoms with Crippen LogP contribution in [0.2, 0.25) is 0 Å². The molecule has 14 nitrogen and oxygen atoms in total. The van der Waals surface area contributed by atoms with E-state index in [-0.39, 0.29) is 84.3 Å². The number of thioether (sulfide) groups is 1. The molecule has 3 fully saturated rings. The molecular formula is C58H78N5O9PS. The Morgan fingerprint density at radius 2 is 1.42 bits per heavy atom. The number of ether oxygens (including phenoxy) is 3. The summed E-state index contributed by atoms with van der Waals surface area (Å²) in [6, 6.07) is 32.5. The summed E-state index contributed by atoms with van der Waals surface area (Å²) in [7, 11) is 1.82. The summed E-state index contributed by atoms with van der Waals surface area (Å²) >= 11 is 1.76. The second-order valence-electron chi connectivity index (χ2n) is 21.1. The van der Waals surface area contributed by atoms with E-state index >= 15 is 0 Å². The van der Waals surface area contributed by atoms with Gasteiger partial charge >= 0.3 is 6.03 Å². The van der Waals surface area contributed by atoms with Crippen LogP contribution in [0.25, 0.3) is 0 Å². The van der Waals surface area contributed by atoms with Crippen molar-refractivity contribution in [2.24, 2.45) is 0 Å². The molecule has 16 heteroatoms. The molecule has 0 aromatic heterocycles. The standard InChI is InChI=1S/C58H78N5O9PS/c1-11-33-71-73(63(39(2)3)40(4)5)72-49-34-46(37-70-58(43-17-13-12-14-18-43,44-25-29-47(68-9)30-26-44)45-27-31-48(69-10)32-28-45)61(36-49)53(65)35-59-52(64)20-16-15-19-51-54-50(38-74-51)62(56(67)60-54)55(66)41-21-23-42(24-22-41)57(6,7)8/h12-14,17-18,21-32,39-40,46,49-51,54H,11,15-16,19-20,33-38H2,1-10H3,(H,59,64)(H,60,67)/t46-,49+,50-,51-,54-,73?/m0/s1. The number of urea groups is 1. The van der Waals surface area contributed by atoms with Gasteiger partial charge in [-0.15, -0.1) is 0 Å². The van der Waals surface area contributed by atoms with Crippen molar-refractivity contribution in [3.8, 4) is 11.5 Å². The zero-order valence-corrected chi connectivity index (χ0v) is 46.7. The summed E-state index contributed by atoms with van der Waals surface area (Å²) < 4.78 is 34.1. The molecule has 4 aromatic rings. The van der Waals surface area contributed by atoms with Crippen molar-refractivity contribution in [3.05, 3.63) is 131 Å². The normalized spacial score (nSPS) is 20.3. The van der Waals surface area contributed by atoms with Crippen molar-refractivity contribution < 1.29 is 42.4 Å². The monoisotopic (exact) mass is 1050 g/mol. The molecule has 6 atom stereocenters. The molecule has 5 amide bonds. The summed E-state index contributed by atoms with van der Waals surface area (Å²) in [6.07, 6.45) is 3.37. The molecule has 400 valence electrons. The Kier molecular flexibility index (Phi) is 19.7. The summed E-state index contributed by atoms with van der Waals surface area (Å²) in [5.41, 5.74) is 3.12. The van der Waals surface area contributed by atoms with Gasteiger partial charge in [-0.25, -0.2) is 9.46 Å². The van der Waals surface area contributed by atoms with Crippen molar-refractivity contribution in [3.63, 3.8) is 0 Å². The second kappa shape index (κ2) is 25.7. The third-order valence-electron chi connectivity index (χ3n) is 14.2. The van der Waals surface area contributed by atoms with E-state index in [4.69, 9.17) is 23.3 Å². The molecule has 7 rings (SSSR count).